The Bertz CT molecular complexity index is 1550. The second-order valence-corrected chi connectivity index (χ2v) is 16.2. The third-order valence-corrected chi connectivity index (χ3v) is 11.8. The first-order valence-corrected chi connectivity index (χ1v) is 20.1. The minimum absolute atomic E-state index is 0.00381. The number of alkyl halides is 3. The van der Waals surface area contributed by atoms with Crippen molar-refractivity contribution in [2.75, 3.05) is 33.9 Å². The molecule has 1 aromatic heterocycles. The number of nitrogens with zero attached hydrogens (tertiary/aromatic N) is 3. The topological polar surface area (TPSA) is 149 Å². The van der Waals surface area contributed by atoms with Gasteiger partial charge >= 0.3 is 12.1 Å². The smallest absolute Gasteiger partial charge is 0.416 e. The van der Waals surface area contributed by atoms with Crippen molar-refractivity contribution in [3.63, 3.8) is 0 Å². The number of likely N-dealkylation sites (N-methyl/N-ethyl adjacent to an activating group) is 1. The molecule has 308 valence electrons. The number of carboxylic acid groups (broad SMARTS) is 1. The molecule has 7 atom stereocenters. The molecule has 1 aliphatic rings. The lowest BCUT2D eigenvalue weighted by atomic mass is 9.82. The summed E-state index contributed by atoms with van der Waals surface area (Å²) in [5, 5.41) is 25.6. The molecule has 3 unspecified atom stereocenters. The Hall–Kier alpha value is -3.40. The molecule has 3 rings (SSSR count). The highest BCUT2D eigenvalue weighted by molar-refractivity contribution is 7.09. The van der Waals surface area contributed by atoms with Crippen molar-refractivity contribution in [3.05, 3.63) is 51.5 Å². The van der Waals surface area contributed by atoms with Gasteiger partial charge in [-0.15, -0.1) is 11.3 Å². The average molecular weight is 797 g/mol. The Balaban J connectivity index is 1.80. The molecule has 55 heavy (non-hydrogen) atoms. The number of ketones is 1. The summed E-state index contributed by atoms with van der Waals surface area (Å²) in [6, 6.07) is 3.09. The first-order valence-electron chi connectivity index (χ1n) is 19.2. The summed E-state index contributed by atoms with van der Waals surface area (Å²) in [5.74, 6) is -3.34. The number of carboxylic acids is 1. The summed E-state index contributed by atoms with van der Waals surface area (Å²) >= 11 is 1.07. The lowest BCUT2D eigenvalue weighted by molar-refractivity contribution is -0.145. The Labute approximate surface area is 327 Å². The van der Waals surface area contributed by atoms with E-state index in [9.17, 15) is 42.6 Å². The number of amides is 2. The van der Waals surface area contributed by atoms with Gasteiger partial charge in [0.1, 0.15) is 16.8 Å². The van der Waals surface area contributed by atoms with E-state index < -0.39 is 53.6 Å². The maximum atomic E-state index is 14.5. The summed E-state index contributed by atoms with van der Waals surface area (Å²) in [7, 11) is 3.51. The van der Waals surface area contributed by atoms with Crippen molar-refractivity contribution in [2.45, 2.75) is 116 Å². The zero-order valence-corrected chi connectivity index (χ0v) is 33.9. The molecule has 1 aliphatic heterocycles. The second-order valence-electron chi connectivity index (χ2n) is 15.4. The Morgan fingerprint density at radius 2 is 1.76 bits per heavy atom. The third-order valence-electron chi connectivity index (χ3n) is 10.9. The second kappa shape index (κ2) is 21.2. The standard InChI is InChI=1S/C40H59F3N4O7S/c1-8-25(4)30(21-34(48)32-11-9-10-16-46(32)6)38(51)47(17-18-54-7)33(24(2)3)22-35(49)37-45-31(23-55-37)36(50)44-29(19-26(5)39(52)53)20-27-12-14-28(15-13-27)40(41,42)43/h12-15,23-26,29-30,32-33,35,49H,8-11,16-22H2,1-7H3,(H,44,50)(H,52,53)/t25?,26-,29+,30?,32?,33+,35+/m0/s1. The normalized spacial score (nSPS) is 18.6. The van der Waals surface area contributed by atoms with Gasteiger partial charge in [-0.25, -0.2) is 4.98 Å². The summed E-state index contributed by atoms with van der Waals surface area (Å²) in [5.41, 5.74) is -0.335. The van der Waals surface area contributed by atoms with Crippen LogP contribution in [0.5, 0.6) is 0 Å². The van der Waals surface area contributed by atoms with E-state index in [0.29, 0.717) is 12.0 Å². The number of thiazole rings is 1. The van der Waals surface area contributed by atoms with Crippen LogP contribution in [-0.2, 0) is 31.7 Å². The highest BCUT2D eigenvalue weighted by Crippen LogP contribution is 2.32. The quantitative estimate of drug-likeness (QED) is 0.126. The molecular formula is C40H59F3N4O7S. The average Bonchev–Trinajstić information content (AvgIpc) is 3.64. The van der Waals surface area contributed by atoms with Crippen LogP contribution < -0.4 is 5.32 Å². The molecule has 11 nitrogen and oxygen atoms in total. The summed E-state index contributed by atoms with van der Waals surface area (Å²) in [6.45, 7) is 10.8. The van der Waals surface area contributed by atoms with Gasteiger partial charge < -0.3 is 25.2 Å². The van der Waals surface area contributed by atoms with Crippen molar-refractivity contribution in [1.82, 2.24) is 20.1 Å². The van der Waals surface area contributed by atoms with Crippen molar-refractivity contribution < 1.29 is 47.3 Å². The van der Waals surface area contributed by atoms with Gasteiger partial charge in [-0.05, 0) is 68.8 Å². The minimum atomic E-state index is -4.51. The van der Waals surface area contributed by atoms with Crippen LogP contribution in [0.4, 0.5) is 13.2 Å². The molecule has 0 bridgehead atoms. The highest BCUT2D eigenvalue weighted by Gasteiger charge is 2.38. The van der Waals surface area contributed by atoms with Crippen molar-refractivity contribution in [2.24, 2.45) is 23.7 Å². The molecule has 15 heteroatoms. The Morgan fingerprint density at radius 1 is 1.09 bits per heavy atom. The van der Waals surface area contributed by atoms with Crippen molar-refractivity contribution in [3.8, 4) is 0 Å². The predicted molar refractivity (Wildman–Crippen MR) is 205 cm³/mol. The molecule has 3 N–H and O–H groups in total. The SMILES string of the molecule is CCC(C)C(CC(=O)C1CCCCN1C)C(=O)N(CCOC)[C@H](C[C@@H](O)c1nc(C(=O)N[C@@H](Cc2ccc(C(F)(F)F)cc2)C[C@H](C)C(=O)O)cs1)C(C)C. The van der Waals surface area contributed by atoms with Crippen molar-refractivity contribution >= 4 is 34.9 Å². The highest BCUT2D eigenvalue weighted by atomic mass is 32.1. The first-order chi connectivity index (χ1) is 25.9. The van der Waals surface area contributed by atoms with Gasteiger partial charge in [0.05, 0.1) is 24.1 Å². The van der Waals surface area contributed by atoms with E-state index in [1.165, 1.54) is 24.4 Å². The molecule has 2 amide bonds. The molecule has 2 aromatic rings. The van der Waals surface area contributed by atoms with Gasteiger partial charge in [-0.3, -0.25) is 24.1 Å². The lowest BCUT2D eigenvalue weighted by Gasteiger charge is -2.39. The van der Waals surface area contributed by atoms with Gasteiger partial charge in [0, 0.05) is 49.9 Å². The number of aliphatic carboxylic acids is 1. The monoisotopic (exact) mass is 796 g/mol. The maximum Gasteiger partial charge on any atom is 0.416 e. The number of aliphatic hydroxyl groups is 1. The zero-order chi connectivity index (χ0) is 41.0. The molecule has 2 heterocycles. The van der Waals surface area contributed by atoms with Crippen LogP contribution in [0.2, 0.25) is 0 Å². The number of piperidine rings is 1. The summed E-state index contributed by atoms with van der Waals surface area (Å²) < 4.78 is 44.7. The van der Waals surface area contributed by atoms with Gasteiger partial charge in [-0.1, -0.05) is 59.6 Å². The van der Waals surface area contributed by atoms with E-state index in [4.69, 9.17) is 4.74 Å². The number of hydrogen-bond acceptors (Lipinski definition) is 9. The van der Waals surface area contributed by atoms with Crippen LogP contribution in [0.15, 0.2) is 29.6 Å². The number of benzene rings is 1. The van der Waals surface area contributed by atoms with E-state index in [0.717, 1.165) is 49.3 Å². The number of aromatic nitrogens is 1. The molecule has 0 radical (unpaired) electrons. The van der Waals surface area contributed by atoms with E-state index in [2.05, 4.69) is 15.2 Å². The fourth-order valence-electron chi connectivity index (χ4n) is 7.22. The number of halogens is 3. The van der Waals surface area contributed by atoms with Crippen LogP contribution >= 0.6 is 11.3 Å². The fourth-order valence-corrected chi connectivity index (χ4v) is 8.02. The number of carbonyl (C=O) groups is 4. The van der Waals surface area contributed by atoms with E-state index in [-0.39, 0.29) is 79.1 Å². The largest absolute Gasteiger partial charge is 0.481 e. The number of aliphatic hydroxyl groups excluding tert-OH is 1. The number of methoxy groups -OCH3 is 1. The van der Waals surface area contributed by atoms with E-state index >= 15 is 0 Å². The van der Waals surface area contributed by atoms with Crippen LogP contribution in [0.25, 0.3) is 0 Å². The number of ether oxygens (including phenoxy) is 1. The van der Waals surface area contributed by atoms with Crippen LogP contribution in [0.3, 0.4) is 0 Å². The maximum absolute atomic E-state index is 14.5. The molecule has 0 spiro atoms. The van der Waals surface area contributed by atoms with Gasteiger partial charge in [0.15, 0.2) is 5.78 Å². The number of carbonyl (C=O) groups excluding carboxylic acids is 3. The van der Waals surface area contributed by atoms with E-state index in [1.54, 1.807) is 12.0 Å². The molecule has 0 saturated carbocycles. The van der Waals surface area contributed by atoms with Crippen LogP contribution in [-0.4, -0.2) is 101 Å². The minimum Gasteiger partial charge on any atom is -0.481 e. The van der Waals surface area contributed by atoms with Gasteiger partial charge in [-0.2, -0.15) is 13.2 Å². The molecule has 1 fully saturated rings. The Kier molecular flexibility index (Phi) is 17.7. The Morgan fingerprint density at radius 3 is 2.33 bits per heavy atom. The fraction of sp³-hybridized carbons (Fsp3) is 0.675. The summed E-state index contributed by atoms with van der Waals surface area (Å²) in [6.07, 6.45) is -1.80. The first kappa shape index (κ1) is 46.0. The molecular weight excluding hydrogens is 738 g/mol. The van der Waals surface area contributed by atoms with Crippen LogP contribution in [0.1, 0.15) is 112 Å². The molecule has 1 aromatic carbocycles. The number of likely N-dealkylation sites (tertiary alicyclic amines) is 1. The van der Waals surface area contributed by atoms with Crippen LogP contribution in [0, 0.1) is 23.7 Å². The number of Topliss-reactive ketones (excluding diaryl/α,β-unsaturated/α-hetero) is 1. The number of hydrogen-bond donors (Lipinski definition) is 3. The molecule has 1 saturated heterocycles. The van der Waals surface area contributed by atoms with Gasteiger partial charge in [0.25, 0.3) is 5.91 Å². The van der Waals surface area contributed by atoms with Gasteiger partial charge in [0.2, 0.25) is 5.91 Å². The third kappa shape index (κ3) is 13.4. The number of nitrogens with one attached hydrogen (secondary N) is 1. The lowest BCUT2D eigenvalue weighted by Crippen LogP contribution is -2.50. The predicted octanol–water partition coefficient (Wildman–Crippen LogP) is 6.64. The number of rotatable bonds is 21. The zero-order valence-electron chi connectivity index (χ0n) is 33.1. The summed E-state index contributed by atoms with van der Waals surface area (Å²) in [4.78, 5) is 61.4. The molecule has 0 aliphatic carbocycles. The van der Waals surface area contributed by atoms with E-state index in [1.807, 2.05) is 34.7 Å². The van der Waals surface area contributed by atoms with Crippen molar-refractivity contribution in [1.29, 1.82) is 0 Å².